The van der Waals surface area contributed by atoms with E-state index in [9.17, 15) is 4.79 Å². The van der Waals surface area contributed by atoms with Gasteiger partial charge in [0.05, 0.1) is 0 Å². The zero-order valence-electron chi connectivity index (χ0n) is 11.0. The van der Waals surface area contributed by atoms with Crippen LogP contribution >= 0.6 is 0 Å². The highest BCUT2D eigenvalue weighted by molar-refractivity contribution is 5.94. The number of anilines is 1. The molecule has 1 aromatic rings. The second kappa shape index (κ2) is 6.43. The van der Waals surface area contributed by atoms with E-state index >= 15 is 0 Å². The third-order valence-corrected chi connectivity index (χ3v) is 3.26. The Kier molecular flexibility index (Phi) is 4.62. The van der Waals surface area contributed by atoms with Gasteiger partial charge < -0.3 is 10.6 Å². The maximum absolute atomic E-state index is 11.8. The third kappa shape index (κ3) is 4.06. The van der Waals surface area contributed by atoms with Crippen LogP contribution in [0.1, 0.15) is 43.0 Å². The van der Waals surface area contributed by atoms with Crippen molar-refractivity contribution < 1.29 is 4.79 Å². The van der Waals surface area contributed by atoms with Crippen LogP contribution in [0.25, 0.3) is 0 Å². The number of carbonyl (C=O) groups is 1. The third-order valence-electron chi connectivity index (χ3n) is 3.26. The predicted molar refractivity (Wildman–Crippen MR) is 74.9 cm³/mol. The Balaban J connectivity index is 1.77. The maximum atomic E-state index is 11.8. The number of rotatable bonds is 7. The van der Waals surface area contributed by atoms with E-state index in [-0.39, 0.29) is 5.91 Å². The van der Waals surface area contributed by atoms with Gasteiger partial charge >= 0.3 is 0 Å². The molecule has 98 valence electrons. The summed E-state index contributed by atoms with van der Waals surface area (Å²) < 4.78 is 0. The topological polar surface area (TPSA) is 41.1 Å². The second-order valence-electron chi connectivity index (χ2n) is 4.99. The Hall–Kier alpha value is -1.51. The fourth-order valence-electron chi connectivity index (χ4n) is 1.91. The van der Waals surface area contributed by atoms with Gasteiger partial charge in [-0.15, -0.1) is 0 Å². The highest BCUT2D eigenvalue weighted by Gasteiger charge is 2.20. The zero-order valence-corrected chi connectivity index (χ0v) is 11.0. The fraction of sp³-hybridized carbons (Fsp3) is 0.533. The Morgan fingerprint density at radius 3 is 2.56 bits per heavy atom. The highest BCUT2D eigenvalue weighted by Crippen LogP contribution is 2.31. The Morgan fingerprint density at radius 2 is 1.94 bits per heavy atom. The van der Waals surface area contributed by atoms with Crippen molar-refractivity contribution >= 4 is 11.6 Å². The van der Waals surface area contributed by atoms with Gasteiger partial charge in [-0.05, 0) is 43.0 Å². The summed E-state index contributed by atoms with van der Waals surface area (Å²) in [6, 6.07) is 7.69. The minimum absolute atomic E-state index is 0.0395. The first kappa shape index (κ1) is 12.9. The van der Waals surface area contributed by atoms with Crippen molar-refractivity contribution in [1.82, 2.24) is 5.32 Å². The number of benzene rings is 1. The molecule has 0 heterocycles. The van der Waals surface area contributed by atoms with Gasteiger partial charge in [0.25, 0.3) is 5.91 Å². The standard InChI is InChI=1S/C15H22N2O/c1-2-10-16-14-7-5-13(6-8-14)15(18)17-11-9-12-3-4-12/h5-8,12,16H,2-4,9-11H2,1H3,(H,17,18). The molecule has 0 unspecified atom stereocenters. The molecule has 0 saturated heterocycles. The number of nitrogens with one attached hydrogen (secondary N) is 2. The molecule has 0 bridgehead atoms. The lowest BCUT2D eigenvalue weighted by atomic mass is 10.2. The Bertz CT molecular complexity index is 382. The molecule has 1 aliphatic rings. The fourth-order valence-corrected chi connectivity index (χ4v) is 1.91. The summed E-state index contributed by atoms with van der Waals surface area (Å²) in [6.45, 7) is 3.90. The number of hydrogen-bond acceptors (Lipinski definition) is 2. The molecule has 1 aliphatic carbocycles. The average Bonchev–Trinajstić information content (AvgIpc) is 3.21. The van der Waals surface area contributed by atoms with Gasteiger partial charge in [0.2, 0.25) is 0 Å². The van der Waals surface area contributed by atoms with E-state index in [1.54, 1.807) is 0 Å². The summed E-state index contributed by atoms with van der Waals surface area (Å²) in [5.74, 6) is 0.906. The first-order valence-electron chi connectivity index (χ1n) is 6.91. The monoisotopic (exact) mass is 246 g/mol. The van der Waals surface area contributed by atoms with Crippen LogP contribution in [0.3, 0.4) is 0 Å². The average molecular weight is 246 g/mol. The lowest BCUT2D eigenvalue weighted by molar-refractivity contribution is 0.0952. The van der Waals surface area contributed by atoms with Gasteiger partial charge in [0.15, 0.2) is 0 Å². The first-order valence-corrected chi connectivity index (χ1v) is 6.91. The first-order chi connectivity index (χ1) is 8.79. The largest absolute Gasteiger partial charge is 0.385 e. The summed E-state index contributed by atoms with van der Waals surface area (Å²) in [5.41, 5.74) is 1.82. The van der Waals surface area contributed by atoms with E-state index in [0.29, 0.717) is 0 Å². The van der Waals surface area contributed by atoms with E-state index in [1.165, 1.54) is 12.8 Å². The normalized spacial score (nSPS) is 14.3. The molecule has 3 nitrogen and oxygen atoms in total. The van der Waals surface area contributed by atoms with E-state index in [0.717, 1.165) is 43.1 Å². The molecule has 18 heavy (non-hydrogen) atoms. The molecule has 0 atom stereocenters. The molecule has 0 radical (unpaired) electrons. The zero-order chi connectivity index (χ0) is 12.8. The molecule has 1 amide bonds. The summed E-state index contributed by atoms with van der Waals surface area (Å²) in [5, 5.41) is 6.27. The van der Waals surface area contributed by atoms with E-state index < -0.39 is 0 Å². The van der Waals surface area contributed by atoms with Crippen molar-refractivity contribution in [2.75, 3.05) is 18.4 Å². The number of carbonyl (C=O) groups excluding carboxylic acids is 1. The van der Waals surface area contributed by atoms with E-state index in [2.05, 4.69) is 17.6 Å². The SMILES string of the molecule is CCCNc1ccc(C(=O)NCCC2CC2)cc1. The van der Waals surface area contributed by atoms with Crippen LogP contribution < -0.4 is 10.6 Å². The van der Waals surface area contributed by atoms with Crippen molar-refractivity contribution in [3.05, 3.63) is 29.8 Å². The van der Waals surface area contributed by atoms with E-state index in [1.807, 2.05) is 24.3 Å². The molecule has 1 aromatic carbocycles. The van der Waals surface area contributed by atoms with Crippen LogP contribution in [0.5, 0.6) is 0 Å². The van der Waals surface area contributed by atoms with Gasteiger partial charge in [0.1, 0.15) is 0 Å². The van der Waals surface area contributed by atoms with Crippen LogP contribution in [-0.2, 0) is 0 Å². The van der Waals surface area contributed by atoms with Crippen molar-refractivity contribution in [3.8, 4) is 0 Å². The second-order valence-corrected chi connectivity index (χ2v) is 4.99. The van der Waals surface area contributed by atoms with Gasteiger partial charge in [-0.25, -0.2) is 0 Å². The van der Waals surface area contributed by atoms with Crippen LogP contribution in [-0.4, -0.2) is 19.0 Å². The van der Waals surface area contributed by atoms with Crippen molar-refractivity contribution in [3.63, 3.8) is 0 Å². The van der Waals surface area contributed by atoms with Gasteiger partial charge in [0, 0.05) is 24.3 Å². The predicted octanol–water partition coefficient (Wildman–Crippen LogP) is 3.04. The smallest absolute Gasteiger partial charge is 0.251 e. The number of hydrogen-bond donors (Lipinski definition) is 2. The molecule has 2 rings (SSSR count). The van der Waals surface area contributed by atoms with Crippen molar-refractivity contribution in [2.24, 2.45) is 5.92 Å². The molecule has 1 fully saturated rings. The molecule has 0 spiro atoms. The van der Waals surface area contributed by atoms with Gasteiger partial charge in [-0.2, -0.15) is 0 Å². The summed E-state index contributed by atoms with van der Waals surface area (Å²) in [7, 11) is 0. The van der Waals surface area contributed by atoms with Gasteiger partial charge in [-0.1, -0.05) is 19.8 Å². The molecular weight excluding hydrogens is 224 g/mol. The highest BCUT2D eigenvalue weighted by atomic mass is 16.1. The van der Waals surface area contributed by atoms with Crippen molar-refractivity contribution in [2.45, 2.75) is 32.6 Å². The Labute approximate surface area is 109 Å². The van der Waals surface area contributed by atoms with Crippen LogP contribution in [0.4, 0.5) is 5.69 Å². The van der Waals surface area contributed by atoms with Gasteiger partial charge in [-0.3, -0.25) is 4.79 Å². The van der Waals surface area contributed by atoms with E-state index in [4.69, 9.17) is 0 Å². The molecule has 3 heteroatoms. The lowest BCUT2D eigenvalue weighted by Gasteiger charge is -2.07. The summed E-state index contributed by atoms with van der Waals surface area (Å²) in [4.78, 5) is 11.8. The molecule has 0 aliphatic heterocycles. The Morgan fingerprint density at radius 1 is 1.22 bits per heavy atom. The van der Waals surface area contributed by atoms with Crippen LogP contribution in [0.2, 0.25) is 0 Å². The number of amides is 1. The maximum Gasteiger partial charge on any atom is 0.251 e. The quantitative estimate of drug-likeness (QED) is 0.776. The minimum Gasteiger partial charge on any atom is -0.385 e. The van der Waals surface area contributed by atoms with Crippen molar-refractivity contribution in [1.29, 1.82) is 0 Å². The molecule has 1 saturated carbocycles. The molecule has 0 aromatic heterocycles. The summed E-state index contributed by atoms with van der Waals surface area (Å²) in [6.07, 6.45) is 4.91. The minimum atomic E-state index is 0.0395. The molecular formula is C15H22N2O. The molecule has 2 N–H and O–H groups in total. The lowest BCUT2D eigenvalue weighted by Crippen LogP contribution is -2.24. The van der Waals surface area contributed by atoms with Crippen LogP contribution in [0, 0.1) is 5.92 Å². The summed E-state index contributed by atoms with van der Waals surface area (Å²) >= 11 is 0. The van der Waals surface area contributed by atoms with Crippen LogP contribution in [0.15, 0.2) is 24.3 Å².